The lowest BCUT2D eigenvalue weighted by atomic mass is 9.98. The van der Waals surface area contributed by atoms with E-state index in [9.17, 15) is 9.59 Å². The fraction of sp³-hybridized carbons (Fsp3) is 0.526. The van der Waals surface area contributed by atoms with Gasteiger partial charge in [-0.2, -0.15) is 5.10 Å². The van der Waals surface area contributed by atoms with E-state index < -0.39 is 0 Å². The normalized spacial score (nSPS) is 22.0. The van der Waals surface area contributed by atoms with Crippen molar-refractivity contribution < 1.29 is 9.53 Å². The largest absolute Gasteiger partial charge is 0.369 e. The number of H-pyrrole nitrogens is 1. The summed E-state index contributed by atoms with van der Waals surface area (Å²) >= 11 is 0. The molecule has 138 valence electrons. The average Bonchev–Trinajstić information content (AvgIpc) is 2.99. The SMILES string of the molecule is CCn1nc(C(=O)N2CCc3[nH]c(=O)ccc3C2)c2c1[C@H](C)O[C@H](C)C2. The first-order chi connectivity index (χ1) is 12.5. The number of carbonyl (C=O) groups excluding carboxylic acids is 1. The van der Waals surface area contributed by atoms with Gasteiger partial charge in [-0.25, -0.2) is 0 Å². The molecular weight excluding hydrogens is 332 g/mol. The lowest BCUT2D eigenvalue weighted by Crippen LogP contribution is -2.38. The molecule has 2 aliphatic heterocycles. The van der Waals surface area contributed by atoms with Crippen LogP contribution in [0.3, 0.4) is 0 Å². The second-order valence-corrected chi connectivity index (χ2v) is 7.12. The molecule has 1 amide bonds. The molecule has 2 atom stereocenters. The second-order valence-electron chi connectivity index (χ2n) is 7.12. The van der Waals surface area contributed by atoms with Crippen LogP contribution >= 0.6 is 0 Å². The summed E-state index contributed by atoms with van der Waals surface area (Å²) in [5.41, 5.74) is 4.43. The third-order valence-corrected chi connectivity index (χ3v) is 5.29. The van der Waals surface area contributed by atoms with Gasteiger partial charge in [0.05, 0.1) is 17.9 Å². The zero-order valence-corrected chi connectivity index (χ0v) is 15.4. The first-order valence-electron chi connectivity index (χ1n) is 9.23. The molecule has 0 radical (unpaired) electrons. The number of rotatable bonds is 2. The molecule has 1 N–H and O–H groups in total. The maximum atomic E-state index is 13.2. The molecule has 0 unspecified atom stereocenters. The molecule has 0 saturated heterocycles. The van der Waals surface area contributed by atoms with Gasteiger partial charge in [0.1, 0.15) is 0 Å². The summed E-state index contributed by atoms with van der Waals surface area (Å²) in [5, 5.41) is 4.63. The molecule has 26 heavy (non-hydrogen) atoms. The second kappa shape index (κ2) is 6.39. The van der Waals surface area contributed by atoms with E-state index in [1.807, 2.05) is 36.4 Å². The quantitative estimate of drug-likeness (QED) is 0.890. The molecule has 2 aromatic rings. The highest BCUT2D eigenvalue weighted by Crippen LogP contribution is 2.33. The zero-order chi connectivity index (χ0) is 18.4. The molecule has 2 aromatic heterocycles. The van der Waals surface area contributed by atoms with Gasteiger partial charge in [0, 0.05) is 49.8 Å². The van der Waals surface area contributed by atoms with Crippen LogP contribution in [-0.2, 0) is 30.7 Å². The van der Waals surface area contributed by atoms with E-state index in [1.54, 1.807) is 0 Å². The van der Waals surface area contributed by atoms with Crippen LogP contribution in [0.2, 0.25) is 0 Å². The molecule has 0 fully saturated rings. The Morgan fingerprint density at radius 2 is 2.19 bits per heavy atom. The van der Waals surface area contributed by atoms with Crippen molar-refractivity contribution in [1.29, 1.82) is 0 Å². The highest BCUT2D eigenvalue weighted by molar-refractivity contribution is 5.94. The van der Waals surface area contributed by atoms with Crippen molar-refractivity contribution >= 4 is 5.91 Å². The van der Waals surface area contributed by atoms with Crippen molar-refractivity contribution in [2.24, 2.45) is 0 Å². The van der Waals surface area contributed by atoms with Crippen molar-refractivity contribution in [3.8, 4) is 0 Å². The van der Waals surface area contributed by atoms with Gasteiger partial charge in [0.25, 0.3) is 5.91 Å². The summed E-state index contributed by atoms with van der Waals surface area (Å²) in [4.78, 5) is 29.4. The number of amides is 1. The minimum Gasteiger partial charge on any atom is -0.369 e. The van der Waals surface area contributed by atoms with Gasteiger partial charge in [-0.3, -0.25) is 14.3 Å². The lowest BCUT2D eigenvalue weighted by Gasteiger charge is -2.29. The number of hydrogen-bond donors (Lipinski definition) is 1. The van der Waals surface area contributed by atoms with E-state index in [4.69, 9.17) is 4.74 Å². The maximum absolute atomic E-state index is 13.2. The summed E-state index contributed by atoms with van der Waals surface area (Å²) < 4.78 is 7.83. The highest BCUT2D eigenvalue weighted by Gasteiger charge is 2.34. The fourth-order valence-corrected chi connectivity index (χ4v) is 4.10. The predicted molar refractivity (Wildman–Crippen MR) is 96.1 cm³/mol. The van der Waals surface area contributed by atoms with Crippen LogP contribution < -0.4 is 5.56 Å². The van der Waals surface area contributed by atoms with Gasteiger partial charge >= 0.3 is 0 Å². The standard InChI is InChI=1S/C19H24N4O3/c1-4-23-18-12(3)26-11(2)9-14(18)17(21-23)19(25)22-8-7-15-13(10-22)5-6-16(24)20-15/h5-6,11-12H,4,7-10H2,1-3H3,(H,20,24)/t11-,12+/m1/s1. The topological polar surface area (TPSA) is 80.2 Å². The molecule has 7 heteroatoms. The predicted octanol–water partition coefficient (Wildman–Crippen LogP) is 1.81. The first kappa shape index (κ1) is 17.0. The fourth-order valence-electron chi connectivity index (χ4n) is 4.10. The number of aryl methyl sites for hydroxylation is 1. The van der Waals surface area contributed by atoms with Crippen LogP contribution in [0, 0.1) is 0 Å². The van der Waals surface area contributed by atoms with Crippen LogP contribution in [0.15, 0.2) is 16.9 Å². The number of aromatic amines is 1. The molecule has 4 heterocycles. The smallest absolute Gasteiger partial charge is 0.274 e. The highest BCUT2D eigenvalue weighted by atomic mass is 16.5. The third-order valence-electron chi connectivity index (χ3n) is 5.29. The van der Waals surface area contributed by atoms with Crippen molar-refractivity contribution in [1.82, 2.24) is 19.7 Å². The van der Waals surface area contributed by atoms with Crippen molar-refractivity contribution in [2.45, 2.75) is 58.9 Å². The minimum absolute atomic E-state index is 0.0356. The number of nitrogens with zero attached hydrogens (tertiary/aromatic N) is 3. The van der Waals surface area contributed by atoms with Gasteiger partial charge in [-0.15, -0.1) is 0 Å². The summed E-state index contributed by atoms with van der Waals surface area (Å²) in [6.07, 6.45) is 1.38. The summed E-state index contributed by atoms with van der Waals surface area (Å²) in [5.74, 6) is -0.0356. The molecule has 0 bridgehead atoms. The lowest BCUT2D eigenvalue weighted by molar-refractivity contribution is -0.00952. The Balaban J connectivity index is 1.67. The number of fused-ring (bicyclic) bond motifs is 2. The summed E-state index contributed by atoms with van der Waals surface area (Å²) in [6, 6.07) is 3.33. The number of ether oxygens (including phenoxy) is 1. The number of hydrogen-bond acceptors (Lipinski definition) is 4. The summed E-state index contributed by atoms with van der Waals surface area (Å²) in [7, 11) is 0. The third kappa shape index (κ3) is 2.76. The molecule has 0 aliphatic carbocycles. The van der Waals surface area contributed by atoms with E-state index in [-0.39, 0.29) is 23.7 Å². The monoisotopic (exact) mass is 356 g/mol. The van der Waals surface area contributed by atoms with Gasteiger partial charge in [-0.05, 0) is 26.3 Å². The number of pyridine rings is 1. The van der Waals surface area contributed by atoms with Crippen LogP contribution in [0.5, 0.6) is 0 Å². The minimum atomic E-state index is -0.0951. The molecular formula is C19H24N4O3. The Kier molecular flexibility index (Phi) is 4.19. The first-order valence-corrected chi connectivity index (χ1v) is 9.23. The van der Waals surface area contributed by atoms with Gasteiger partial charge in [-0.1, -0.05) is 6.07 Å². The van der Waals surface area contributed by atoms with Crippen molar-refractivity contribution in [3.05, 3.63) is 50.7 Å². The van der Waals surface area contributed by atoms with E-state index in [2.05, 4.69) is 10.1 Å². The van der Waals surface area contributed by atoms with Crippen LogP contribution in [0.25, 0.3) is 0 Å². The van der Waals surface area contributed by atoms with E-state index in [1.165, 1.54) is 6.07 Å². The van der Waals surface area contributed by atoms with Crippen LogP contribution in [0.1, 0.15) is 59.9 Å². The molecule has 4 rings (SSSR count). The Bertz CT molecular complexity index is 914. The average molecular weight is 356 g/mol. The van der Waals surface area contributed by atoms with E-state index >= 15 is 0 Å². The van der Waals surface area contributed by atoms with Gasteiger partial charge in [0.2, 0.25) is 5.56 Å². The number of carbonyl (C=O) groups is 1. The Morgan fingerprint density at radius 1 is 1.38 bits per heavy atom. The number of aromatic nitrogens is 3. The molecule has 0 saturated carbocycles. The molecule has 0 spiro atoms. The molecule has 7 nitrogen and oxygen atoms in total. The van der Waals surface area contributed by atoms with E-state index in [0.717, 1.165) is 22.5 Å². The van der Waals surface area contributed by atoms with Crippen molar-refractivity contribution in [2.75, 3.05) is 6.54 Å². The van der Waals surface area contributed by atoms with Crippen LogP contribution in [-0.4, -0.2) is 38.2 Å². The molecule has 0 aromatic carbocycles. The molecule has 2 aliphatic rings. The van der Waals surface area contributed by atoms with Gasteiger partial charge in [0.15, 0.2) is 5.69 Å². The van der Waals surface area contributed by atoms with Crippen molar-refractivity contribution in [3.63, 3.8) is 0 Å². The van der Waals surface area contributed by atoms with Crippen LogP contribution in [0.4, 0.5) is 0 Å². The summed E-state index contributed by atoms with van der Waals surface area (Å²) in [6.45, 7) is 7.87. The van der Waals surface area contributed by atoms with E-state index in [0.29, 0.717) is 38.2 Å². The Labute approximate surface area is 152 Å². The zero-order valence-electron chi connectivity index (χ0n) is 15.4. The Hall–Kier alpha value is -2.41. The maximum Gasteiger partial charge on any atom is 0.274 e. The number of nitrogens with one attached hydrogen (secondary N) is 1. The Morgan fingerprint density at radius 3 is 2.96 bits per heavy atom. The van der Waals surface area contributed by atoms with Gasteiger partial charge < -0.3 is 14.6 Å².